The van der Waals surface area contributed by atoms with Crippen LogP contribution in [0.5, 0.6) is 11.5 Å². The van der Waals surface area contributed by atoms with Crippen molar-refractivity contribution < 1.29 is 14.2 Å². The Morgan fingerprint density at radius 3 is 2.37 bits per heavy atom. The summed E-state index contributed by atoms with van der Waals surface area (Å²) < 4.78 is 19.6. The lowest BCUT2D eigenvalue weighted by atomic mass is 10.1. The summed E-state index contributed by atoms with van der Waals surface area (Å²) in [5.74, 6) is 0.955. The molecule has 0 unspecified atom stereocenters. The van der Waals surface area contributed by atoms with E-state index in [1.165, 1.54) is 6.07 Å². The number of rotatable bonds is 3. The van der Waals surface area contributed by atoms with Gasteiger partial charge in [-0.15, -0.1) is 0 Å². The van der Waals surface area contributed by atoms with Gasteiger partial charge >= 0.3 is 0 Å². The summed E-state index contributed by atoms with van der Waals surface area (Å²) in [6.07, 6.45) is -0.545. The van der Waals surface area contributed by atoms with Gasteiger partial charge in [0.15, 0.2) is 0 Å². The first-order valence-corrected chi connectivity index (χ1v) is 6.68. The molecule has 0 fully saturated rings. The average Bonchev–Trinajstić information content (AvgIpc) is 2.33. The third kappa shape index (κ3) is 3.33. The summed E-state index contributed by atoms with van der Waals surface area (Å²) in [5, 5.41) is 9.54. The Morgan fingerprint density at radius 2 is 1.79 bits per heavy atom. The van der Waals surface area contributed by atoms with E-state index < -0.39 is 6.10 Å². The van der Waals surface area contributed by atoms with Gasteiger partial charge in [-0.3, -0.25) is 0 Å². The molecule has 2 aromatic rings. The first kappa shape index (κ1) is 14.0. The van der Waals surface area contributed by atoms with Crippen LogP contribution < -0.4 is 4.74 Å². The van der Waals surface area contributed by atoms with Crippen LogP contribution in [0, 0.1) is 12.7 Å². The van der Waals surface area contributed by atoms with Crippen molar-refractivity contribution in [3.8, 4) is 11.5 Å². The number of aliphatic hydroxyl groups is 1. The lowest BCUT2D eigenvalue weighted by molar-refractivity contribution is 0.198. The molecule has 0 aliphatic rings. The molecule has 4 heteroatoms. The van der Waals surface area contributed by atoms with E-state index in [4.69, 9.17) is 4.74 Å². The molecule has 2 aromatic carbocycles. The molecular formula is C15H14BrFO2. The molecule has 0 aromatic heterocycles. The maximum Gasteiger partial charge on any atom is 0.128 e. The molecule has 0 amide bonds. The van der Waals surface area contributed by atoms with Gasteiger partial charge in [-0.1, -0.05) is 22.0 Å². The van der Waals surface area contributed by atoms with Crippen LogP contribution in [0.15, 0.2) is 40.9 Å². The summed E-state index contributed by atoms with van der Waals surface area (Å²) in [6, 6.07) is 9.95. The van der Waals surface area contributed by atoms with Crippen molar-refractivity contribution in [2.45, 2.75) is 20.0 Å². The smallest absolute Gasteiger partial charge is 0.128 e. The van der Waals surface area contributed by atoms with Crippen molar-refractivity contribution >= 4 is 15.9 Å². The Balaban J connectivity index is 2.24. The fraction of sp³-hybridized carbons (Fsp3) is 0.200. The van der Waals surface area contributed by atoms with Crippen LogP contribution in [0.1, 0.15) is 24.2 Å². The molecule has 0 radical (unpaired) electrons. The Bertz CT molecular complexity index is 597. The van der Waals surface area contributed by atoms with Crippen molar-refractivity contribution in [3.05, 3.63) is 57.8 Å². The minimum absolute atomic E-state index is 0.252. The molecule has 0 aliphatic heterocycles. The highest BCUT2D eigenvalue weighted by Gasteiger charge is 2.08. The second-order valence-corrected chi connectivity index (χ2v) is 5.23. The average molecular weight is 325 g/mol. The molecule has 19 heavy (non-hydrogen) atoms. The summed E-state index contributed by atoms with van der Waals surface area (Å²) in [5.41, 5.74) is 1.33. The summed E-state index contributed by atoms with van der Waals surface area (Å²) in [6.45, 7) is 3.39. The Labute approximate surface area is 120 Å². The predicted molar refractivity (Wildman–Crippen MR) is 76.0 cm³/mol. The van der Waals surface area contributed by atoms with Gasteiger partial charge in [0.05, 0.1) is 6.10 Å². The fourth-order valence-electron chi connectivity index (χ4n) is 1.73. The summed E-state index contributed by atoms with van der Waals surface area (Å²) in [4.78, 5) is 0. The summed E-state index contributed by atoms with van der Waals surface area (Å²) >= 11 is 3.39. The minimum atomic E-state index is -0.545. The Hall–Kier alpha value is -1.39. The van der Waals surface area contributed by atoms with Crippen LogP contribution >= 0.6 is 15.9 Å². The van der Waals surface area contributed by atoms with Gasteiger partial charge in [0.1, 0.15) is 17.3 Å². The lowest BCUT2D eigenvalue weighted by Gasteiger charge is -2.11. The zero-order chi connectivity index (χ0) is 14.0. The zero-order valence-electron chi connectivity index (χ0n) is 10.7. The number of ether oxygens (including phenoxy) is 1. The van der Waals surface area contributed by atoms with Gasteiger partial charge in [-0.2, -0.15) is 0 Å². The maximum atomic E-state index is 13.2. The highest BCUT2D eigenvalue weighted by atomic mass is 79.9. The van der Waals surface area contributed by atoms with Gasteiger partial charge in [-0.05, 0) is 55.3 Å². The van der Waals surface area contributed by atoms with Crippen molar-refractivity contribution in [1.82, 2.24) is 0 Å². The molecule has 100 valence electrons. The van der Waals surface area contributed by atoms with Crippen LogP contribution in [0.4, 0.5) is 4.39 Å². The molecule has 2 nitrogen and oxygen atoms in total. The van der Waals surface area contributed by atoms with Crippen LogP contribution in [0.2, 0.25) is 0 Å². The van der Waals surface area contributed by atoms with Crippen molar-refractivity contribution in [2.75, 3.05) is 0 Å². The van der Waals surface area contributed by atoms with E-state index in [9.17, 15) is 9.50 Å². The predicted octanol–water partition coefficient (Wildman–Crippen LogP) is 4.74. The van der Waals surface area contributed by atoms with Crippen molar-refractivity contribution in [3.63, 3.8) is 0 Å². The largest absolute Gasteiger partial charge is 0.457 e. The van der Waals surface area contributed by atoms with Crippen molar-refractivity contribution in [1.29, 1.82) is 0 Å². The first-order valence-electron chi connectivity index (χ1n) is 5.89. The van der Waals surface area contributed by atoms with Crippen LogP contribution in [-0.2, 0) is 0 Å². The second-order valence-electron chi connectivity index (χ2n) is 4.37. The van der Waals surface area contributed by atoms with Gasteiger partial charge < -0.3 is 9.84 Å². The van der Waals surface area contributed by atoms with Crippen molar-refractivity contribution in [2.24, 2.45) is 0 Å². The van der Waals surface area contributed by atoms with E-state index in [0.717, 1.165) is 10.0 Å². The molecule has 0 aliphatic carbocycles. The van der Waals surface area contributed by atoms with Gasteiger partial charge in [-0.25, -0.2) is 4.39 Å². The number of halogens is 2. The number of aryl methyl sites for hydroxylation is 1. The maximum absolute atomic E-state index is 13.2. The minimum Gasteiger partial charge on any atom is -0.457 e. The number of aliphatic hydroxyl groups excluding tert-OH is 1. The zero-order valence-corrected chi connectivity index (χ0v) is 12.2. The number of hydrogen-bond acceptors (Lipinski definition) is 2. The number of hydrogen-bond donors (Lipinski definition) is 1. The van der Waals surface area contributed by atoms with E-state index in [2.05, 4.69) is 15.9 Å². The van der Waals surface area contributed by atoms with Gasteiger partial charge in [0.2, 0.25) is 0 Å². The Kier molecular flexibility index (Phi) is 4.22. The monoisotopic (exact) mass is 324 g/mol. The van der Waals surface area contributed by atoms with E-state index in [1.54, 1.807) is 44.2 Å². The molecule has 0 saturated heterocycles. The van der Waals surface area contributed by atoms with Crippen LogP contribution in [0.25, 0.3) is 0 Å². The molecular weight excluding hydrogens is 311 g/mol. The van der Waals surface area contributed by atoms with Gasteiger partial charge in [0.25, 0.3) is 0 Å². The first-order chi connectivity index (χ1) is 8.97. The van der Waals surface area contributed by atoms with Crippen LogP contribution in [-0.4, -0.2) is 5.11 Å². The standard InChI is InChI=1S/C15H14BrFO2/c1-9-7-11(4-6-15(9)17)19-12-3-5-13(10(2)18)14(16)8-12/h3-8,10,18H,1-2H3/t10-/m1/s1. The molecule has 0 saturated carbocycles. The normalized spacial score (nSPS) is 12.3. The van der Waals surface area contributed by atoms with E-state index in [-0.39, 0.29) is 5.82 Å². The van der Waals surface area contributed by atoms with E-state index >= 15 is 0 Å². The SMILES string of the molecule is Cc1cc(Oc2ccc([C@@H](C)O)c(Br)c2)ccc1F. The summed E-state index contributed by atoms with van der Waals surface area (Å²) in [7, 11) is 0. The highest BCUT2D eigenvalue weighted by molar-refractivity contribution is 9.10. The molecule has 1 atom stereocenters. The lowest BCUT2D eigenvalue weighted by Crippen LogP contribution is -1.93. The molecule has 1 N–H and O–H groups in total. The molecule has 0 heterocycles. The molecule has 2 rings (SSSR count). The molecule has 0 bridgehead atoms. The fourth-order valence-corrected chi connectivity index (χ4v) is 2.42. The van der Waals surface area contributed by atoms with Gasteiger partial charge in [0, 0.05) is 4.47 Å². The molecule has 0 spiro atoms. The van der Waals surface area contributed by atoms with Crippen LogP contribution in [0.3, 0.4) is 0 Å². The van der Waals surface area contributed by atoms with E-state index in [1.807, 2.05) is 0 Å². The number of benzene rings is 2. The Morgan fingerprint density at radius 1 is 1.16 bits per heavy atom. The van der Waals surface area contributed by atoms with E-state index in [0.29, 0.717) is 17.1 Å². The third-order valence-electron chi connectivity index (χ3n) is 2.79. The quantitative estimate of drug-likeness (QED) is 0.883. The third-order valence-corrected chi connectivity index (χ3v) is 3.47. The highest BCUT2D eigenvalue weighted by Crippen LogP contribution is 2.30. The second kappa shape index (κ2) is 5.72. The topological polar surface area (TPSA) is 29.5 Å².